The van der Waals surface area contributed by atoms with Gasteiger partial charge in [0.2, 0.25) is 0 Å². The van der Waals surface area contributed by atoms with E-state index in [4.69, 9.17) is 9.47 Å². The van der Waals surface area contributed by atoms with Crippen molar-refractivity contribution in [1.29, 1.82) is 0 Å². The summed E-state index contributed by atoms with van der Waals surface area (Å²) in [5.74, 6) is 0.574. The number of methoxy groups -OCH3 is 2. The molecule has 2 unspecified atom stereocenters. The van der Waals surface area contributed by atoms with Crippen LogP contribution in [0.15, 0.2) is 35.6 Å². The maximum Gasteiger partial charge on any atom is 0.387 e. The molecule has 144 valence electrons. The van der Waals surface area contributed by atoms with E-state index in [2.05, 4.69) is 19.7 Å². The number of halogens is 2. The van der Waals surface area contributed by atoms with Crippen molar-refractivity contribution in [2.75, 3.05) is 14.2 Å². The summed E-state index contributed by atoms with van der Waals surface area (Å²) in [6.07, 6.45) is 1.57. The van der Waals surface area contributed by atoms with E-state index >= 15 is 0 Å². The summed E-state index contributed by atoms with van der Waals surface area (Å²) >= 11 is -1.56. The lowest BCUT2D eigenvalue weighted by molar-refractivity contribution is -0.0511. The lowest BCUT2D eigenvalue weighted by atomic mass is 10.3. The third-order valence-electron chi connectivity index (χ3n) is 3.88. The van der Waals surface area contributed by atoms with Gasteiger partial charge in [-0.15, -0.1) is 0 Å². The fourth-order valence-electron chi connectivity index (χ4n) is 2.49. The molecule has 0 spiro atoms. The highest BCUT2D eigenvalue weighted by molar-refractivity contribution is 7.91. The molecule has 3 aromatic rings. The first-order chi connectivity index (χ1) is 12.9. The Bertz CT molecular complexity index is 938. The van der Waals surface area contributed by atoms with Crippen LogP contribution in [0.25, 0.3) is 11.0 Å². The lowest BCUT2D eigenvalue weighted by Crippen LogP contribution is -2.13. The standard InChI is InChI=1S/C17H17F2N3O4S/c1-9(11-6-10(24-2)4-5-20-11)27(23)17-21-12-7-14(25-3)15(26-16(18)19)8-13(12)22-17/h4-9,16H,1-3H3,(H,21,22). The van der Waals surface area contributed by atoms with E-state index in [1.165, 1.54) is 26.4 Å². The molecule has 2 heterocycles. The normalized spacial score (nSPS) is 13.6. The van der Waals surface area contributed by atoms with Crippen molar-refractivity contribution >= 4 is 22.2 Å². The van der Waals surface area contributed by atoms with Gasteiger partial charge < -0.3 is 18.8 Å². The van der Waals surface area contributed by atoms with Crippen LogP contribution in [-0.4, -0.2) is 40.3 Å². The first-order valence-electron chi connectivity index (χ1n) is 7.86. The fraction of sp³-hybridized carbons (Fsp3) is 0.294. The minimum Gasteiger partial charge on any atom is -0.608 e. The first kappa shape index (κ1) is 19.2. The van der Waals surface area contributed by atoms with Gasteiger partial charge in [0.05, 0.1) is 30.9 Å². The van der Waals surface area contributed by atoms with Gasteiger partial charge in [0.15, 0.2) is 16.7 Å². The summed E-state index contributed by atoms with van der Waals surface area (Å²) < 4.78 is 52.7. The van der Waals surface area contributed by atoms with Gasteiger partial charge in [0.25, 0.3) is 0 Å². The highest BCUT2D eigenvalue weighted by atomic mass is 32.2. The minimum absolute atomic E-state index is 0.117. The molecule has 0 aliphatic carbocycles. The van der Waals surface area contributed by atoms with E-state index in [0.29, 0.717) is 22.5 Å². The number of nitrogens with zero attached hydrogens (tertiary/aromatic N) is 2. The molecule has 0 fully saturated rings. The molecule has 10 heteroatoms. The van der Waals surface area contributed by atoms with E-state index in [1.807, 2.05) is 0 Å². The van der Waals surface area contributed by atoms with Gasteiger partial charge in [0, 0.05) is 35.6 Å². The van der Waals surface area contributed by atoms with Crippen LogP contribution in [0.4, 0.5) is 8.78 Å². The number of pyridine rings is 1. The van der Waals surface area contributed by atoms with E-state index in [-0.39, 0.29) is 16.7 Å². The highest BCUT2D eigenvalue weighted by Gasteiger charge is 2.27. The Morgan fingerprint density at radius 2 is 1.93 bits per heavy atom. The second kappa shape index (κ2) is 7.97. The van der Waals surface area contributed by atoms with Gasteiger partial charge in [-0.1, -0.05) is 0 Å². The van der Waals surface area contributed by atoms with Crippen LogP contribution in [0, 0.1) is 0 Å². The smallest absolute Gasteiger partial charge is 0.387 e. The van der Waals surface area contributed by atoms with Crippen molar-refractivity contribution in [1.82, 2.24) is 15.0 Å². The molecule has 0 aliphatic rings. The van der Waals surface area contributed by atoms with Crippen molar-refractivity contribution in [3.05, 3.63) is 36.2 Å². The molecule has 0 radical (unpaired) electrons. The van der Waals surface area contributed by atoms with E-state index in [0.717, 1.165) is 0 Å². The average Bonchev–Trinajstić information content (AvgIpc) is 3.08. The molecular formula is C17H17F2N3O4S. The number of alkyl halides is 2. The Morgan fingerprint density at radius 1 is 1.15 bits per heavy atom. The van der Waals surface area contributed by atoms with Crippen molar-refractivity contribution in [2.45, 2.75) is 23.9 Å². The number of imidazole rings is 1. The van der Waals surface area contributed by atoms with Crippen LogP contribution in [0.2, 0.25) is 0 Å². The zero-order valence-electron chi connectivity index (χ0n) is 14.7. The fourth-order valence-corrected chi connectivity index (χ4v) is 3.57. The Morgan fingerprint density at radius 3 is 2.59 bits per heavy atom. The molecule has 1 N–H and O–H groups in total. The third kappa shape index (κ3) is 4.06. The van der Waals surface area contributed by atoms with E-state index < -0.39 is 23.0 Å². The number of fused-ring (bicyclic) bond motifs is 1. The second-order valence-corrected chi connectivity index (χ2v) is 7.19. The largest absolute Gasteiger partial charge is 0.608 e. The van der Waals surface area contributed by atoms with Crippen LogP contribution in [-0.2, 0) is 11.2 Å². The van der Waals surface area contributed by atoms with Gasteiger partial charge in [-0.05, 0) is 13.0 Å². The predicted molar refractivity (Wildman–Crippen MR) is 94.9 cm³/mol. The number of H-pyrrole nitrogens is 1. The van der Waals surface area contributed by atoms with Crippen molar-refractivity contribution in [3.63, 3.8) is 0 Å². The molecule has 0 aliphatic heterocycles. The number of benzene rings is 1. The van der Waals surface area contributed by atoms with Gasteiger partial charge in [-0.3, -0.25) is 9.97 Å². The van der Waals surface area contributed by atoms with Crippen molar-refractivity contribution in [3.8, 4) is 17.2 Å². The van der Waals surface area contributed by atoms with Crippen LogP contribution in [0.1, 0.15) is 17.9 Å². The number of ether oxygens (including phenoxy) is 3. The Balaban J connectivity index is 1.93. The van der Waals surface area contributed by atoms with Crippen molar-refractivity contribution < 1.29 is 27.5 Å². The summed E-state index contributed by atoms with van der Waals surface area (Å²) in [4.78, 5) is 11.4. The Hall–Kier alpha value is -2.59. The SMILES string of the molecule is COc1ccnc(C(C)[S+]([O-])c2nc3cc(OC(F)F)c(OC)cc3[nH]2)c1. The average molecular weight is 397 g/mol. The quantitative estimate of drug-likeness (QED) is 0.614. The number of hydrogen-bond donors (Lipinski definition) is 1. The maximum atomic E-state index is 12.9. The molecule has 27 heavy (non-hydrogen) atoms. The molecule has 7 nitrogen and oxygen atoms in total. The lowest BCUT2D eigenvalue weighted by Gasteiger charge is -2.15. The highest BCUT2D eigenvalue weighted by Crippen LogP contribution is 2.34. The van der Waals surface area contributed by atoms with Crippen LogP contribution >= 0.6 is 0 Å². The summed E-state index contributed by atoms with van der Waals surface area (Å²) in [5, 5.41) is -0.280. The maximum absolute atomic E-state index is 12.9. The van der Waals surface area contributed by atoms with Crippen LogP contribution < -0.4 is 14.2 Å². The Kier molecular flexibility index (Phi) is 5.66. The number of nitrogens with one attached hydrogen (secondary N) is 1. The van der Waals surface area contributed by atoms with Gasteiger partial charge >= 0.3 is 11.8 Å². The van der Waals surface area contributed by atoms with Crippen LogP contribution in [0.3, 0.4) is 0 Å². The molecule has 3 rings (SSSR count). The second-order valence-electron chi connectivity index (χ2n) is 5.50. The topological polar surface area (TPSA) is 92.3 Å². The van der Waals surface area contributed by atoms with Gasteiger partial charge in [-0.25, -0.2) is 0 Å². The van der Waals surface area contributed by atoms with E-state index in [1.54, 1.807) is 25.3 Å². The molecule has 0 saturated heterocycles. The molecule has 0 saturated carbocycles. The summed E-state index contributed by atoms with van der Waals surface area (Å²) in [6, 6.07) is 6.17. The number of rotatable bonds is 7. The molecule has 2 aromatic heterocycles. The van der Waals surface area contributed by atoms with Crippen molar-refractivity contribution in [2.24, 2.45) is 0 Å². The summed E-state index contributed by atoms with van der Waals surface area (Å²) in [6.45, 7) is -1.25. The zero-order chi connectivity index (χ0) is 19.6. The predicted octanol–water partition coefficient (Wildman–Crippen LogP) is 3.45. The van der Waals surface area contributed by atoms with Gasteiger partial charge in [0.1, 0.15) is 5.75 Å². The molecule has 1 aromatic carbocycles. The summed E-state index contributed by atoms with van der Waals surface area (Å²) in [5.41, 5.74) is 1.40. The molecule has 0 amide bonds. The molecule has 2 atom stereocenters. The minimum atomic E-state index is -3.00. The Labute approximate surface area is 156 Å². The van der Waals surface area contributed by atoms with E-state index in [9.17, 15) is 13.3 Å². The van der Waals surface area contributed by atoms with Gasteiger partial charge in [-0.2, -0.15) is 13.8 Å². The number of hydrogen-bond acceptors (Lipinski definition) is 6. The first-order valence-corrected chi connectivity index (χ1v) is 9.07. The molecular weight excluding hydrogens is 380 g/mol. The third-order valence-corrected chi connectivity index (χ3v) is 5.34. The number of aromatic nitrogens is 3. The monoisotopic (exact) mass is 397 g/mol. The number of aromatic amines is 1. The van der Waals surface area contributed by atoms with Crippen LogP contribution in [0.5, 0.6) is 17.2 Å². The summed E-state index contributed by atoms with van der Waals surface area (Å²) in [7, 11) is 2.87. The molecule has 0 bridgehead atoms. The zero-order valence-corrected chi connectivity index (χ0v) is 15.5.